The Morgan fingerprint density at radius 1 is 1.36 bits per heavy atom. The van der Waals surface area contributed by atoms with Crippen LogP contribution in [-0.2, 0) is 18.3 Å². The van der Waals surface area contributed by atoms with Crippen molar-refractivity contribution in [2.75, 3.05) is 6.54 Å². The van der Waals surface area contributed by atoms with Crippen LogP contribution < -0.4 is 0 Å². The number of aryl methyl sites for hydroxylation is 1. The molecule has 2 heterocycles. The average Bonchev–Trinajstić information content (AvgIpc) is 3.05. The molecule has 118 valence electrons. The molecule has 1 aliphatic rings. The molecule has 1 amide bonds. The molecule has 0 radical (unpaired) electrons. The van der Waals surface area contributed by atoms with Crippen molar-refractivity contribution in [3.63, 3.8) is 0 Å². The molecular formula is C18H24N2O2. The van der Waals surface area contributed by atoms with Gasteiger partial charge >= 0.3 is 0 Å². The molecule has 4 heteroatoms. The van der Waals surface area contributed by atoms with E-state index >= 15 is 0 Å². The maximum atomic E-state index is 12.7. The van der Waals surface area contributed by atoms with Crippen molar-refractivity contribution in [1.29, 1.82) is 0 Å². The molecule has 1 fully saturated rings. The lowest BCUT2D eigenvalue weighted by Gasteiger charge is -2.33. The van der Waals surface area contributed by atoms with Crippen LogP contribution in [0.5, 0.6) is 0 Å². The van der Waals surface area contributed by atoms with E-state index in [9.17, 15) is 9.90 Å². The third-order valence-electron chi connectivity index (χ3n) is 4.71. The zero-order valence-corrected chi connectivity index (χ0v) is 13.5. The Morgan fingerprint density at radius 2 is 2.09 bits per heavy atom. The number of fused-ring (bicyclic) bond motifs is 1. The molecule has 1 N–H and O–H groups in total. The number of likely N-dealkylation sites (tertiary alicyclic amines) is 1. The van der Waals surface area contributed by atoms with Crippen LogP contribution in [0.3, 0.4) is 0 Å². The van der Waals surface area contributed by atoms with Gasteiger partial charge in [-0.3, -0.25) is 4.79 Å². The summed E-state index contributed by atoms with van der Waals surface area (Å²) in [6.45, 7) is 4.33. The van der Waals surface area contributed by atoms with Crippen molar-refractivity contribution >= 4 is 16.8 Å². The van der Waals surface area contributed by atoms with E-state index in [1.165, 1.54) is 0 Å². The number of amides is 1. The number of rotatable bonds is 3. The Balaban J connectivity index is 1.84. The van der Waals surface area contributed by atoms with Crippen LogP contribution in [0.2, 0.25) is 0 Å². The van der Waals surface area contributed by atoms with Gasteiger partial charge in [0.05, 0.1) is 18.1 Å². The first-order chi connectivity index (χ1) is 10.4. The summed E-state index contributed by atoms with van der Waals surface area (Å²) < 4.78 is 2.06. The SMILES string of the molecule is Cn1cc(CC(=O)N2CCCC2C(C)(C)O)c2ccccc21. The molecule has 0 aliphatic carbocycles. The Labute approximate surface area is 131 Å². The smallest absolute Gasteiger partial charge is 0.227 e. The molecule has 1 aliphatic heterocycles. The van der Waals surface area contributed by atoms with Crippen LogP contribution in [0.1, 0.15) is 32.3 Å². The van der Waals surface area contributed by atoms with Crippen LogP contribution >= 0.6 is 0 Å². The van der Waals surface area contributed by atoms with Crippen LogP contribution in [0, 0.1) is 0 Å². The molecule has 1 aromatic carbocycles. The Morgan fingerprint density at radius 3 is 2.82 bits per heavy atom. The number of aliphatic hydroxyl groups is 1. The molecule has 0 saturated carbocycles. The quantitative estimate of drug-likeness (QED) is 0.946. The third-order valence-corrected chi connectivity index (χ3v) is 4.71. The molecule has 3 rings (SSSR count). The van der Waals surface area contributed by atoms with Crippen molar-refractivity contribution in [3.8, 4) is 0 Å². The first kappa shape index (κ1) is 15.1. The van der Waals surface area contributed by atoms with Gasteiger partial charge in [-0.25, -0.2) is 0 Å². The van der Waals surface area contributed by atoms with Crippen LogP contribution in [-0.4, -0.2) is 38.7 Å². The van der Waals surface area contributed by atoms with Gasteiger partial charge in [-0.05, 0) is 38.3 Å². The van der Waals surface area contributed by atoms with Crippen LogP contribution in [0.4, 0.5) is 0 Å². The van der Waals surface area contributed by atoms with E-state index in [1.54, 1.807) is 13.8 Å². The largest absolute Gasteiger partial charge is 0.388 e. The molecule has 1 atom stereocenters. The molecule has 1 aromatic heterocycles. The summed E-state index contributed by atoms with van der Waals surface area (Å²) in [5.74, 6) is 0.112. The van der Waals surface area contributed by atoms with Gasteiger partial charge in [0, 0.05) is 30.7 Å². The van der Waals surface area contributed by atoms with Crippen molar-refractivity contribution < 1.29 is 9.90 Å². The summed E-state index contributed by atoms with van der Waals surface area (Å²) in [6.07, 6.45) is 4.28. The summed E-state index contributed by atoms with van der Waals surface area (Å²) in [7, 11) is 2.01. The fraction of sp³-hybridized carbons (Fsp3) is 0.500. The lowest BCUT2D eigenvalue weighted by Crippen LogP contribution is -2.48. The maximum absolute atomic E-state index is 12.7. The molecule has 1 unspecified atom stereocenters. The van der Waals surface area contributed by atoms with Crippen molar-refractivity contribution in [2.24, 2.45) is 7.05 Å². The normalized spacial score (nSPS) is 19.1. The highest BCUT2D eigenvalue weighted by Gasteiger charge is 2.38. The van der Waals surface area contributed by atoms with Gasteiger partial charge in [0.2, 0.25) is 5.91 Å². The van der Waals surface area contributed by atoms with E-state index < -0.39 is 5.60 Å². The van der Waals surface area contributed by atoms with Crippen LogP contribution in [0.15, 0.2) is 30.5 Å². The topological polar surface area (TPSA) is 45.5 Å². The first-order valence-electron chi connectivity index (χ1n) is 7.92. The fourth-order valence-electron chi connectivity index (χ4n) is 3.63. The number of aromatic nitrogens is 1. The van der Waals surface area contributed by atoms with Gasteiger partial charge in [0.15, 0.2) is 0 Å². The van der Waals surface area contributed by atoms with Gasteiger partial charge in [-0.1, -0.05) is 18.2 Å². The lowest BCUT2D eigenvalue weighted by molar-refractivity contribution is -0.135. The van der Waals surface area contributed by atoms with Crippen molar-refractivity contribution in [2.45, 2.75) is 44.8 Å². The summed E-state index contributed by atoms with van der Waals surface area (Å²) in [5, 5.41) is 11.4. The highest BCUT2D eigenvalue weighted by Crippen LogP contribution is 2.28. The minimum absolute atomic E-state index is 0.0741. The number of para-hydroxylation sites is 1. The van der Waals surface area contributed by atoms with E-state index in [0.29, 0.717) is 6.42 Å². The van der Waals surface area contributed by atoms with E-state index in [-0.39, 0.29) is 11.9 Å². The number of hydrogen-bond acceptors (Lipinski definition) is 2. The van der Waals surface area contributed by atoms with Gasteiger partial charge in [-0.15, -0.1) is 0 Å². The first-order valence-corrected chi connectivity index (χ1v) is 7.92. The van der Waals surface area contributed by atoms with Crippen LogP contribution in [0.25, 0.3) is 10.9 Å². The standard InChI is InChI=1S/C18H24N2O2/c1-18(2,22)16-9-6-10-20(16)17(21)11-13-12-19(3)15-8-5-4-7-14(13)15/h4-5,7-8,12,16,22H,6,9-11H2,1-3H3. The minimum Gasteiger partial charge on any atom is -0.388 e. The van der Waals surface area contributed by atoms with E-state index in [1.807, 2.05) is 30.3 Å². The Kier molecular flexibility index (Phi) is 3.73. The van der Waals surface area contributed by atoms with Gasteiger partial charge in [0.1, 0.15) is 0 Å². The number of benzene rings is 1. The Bertz CT molecular complexity index is 697. The minimum atomic E-state index is -0.842. The van der Waals surface area contributed by atoms with Gasteiger partial charge in [-0.2, -0.15) is 0 Å². The second kappa shape index (κ2) is 5.43. The van der Waals surface area contributed by atoms with E-state index in [4.69, 9.17) is 0 Å². The third kappa shape index (κ3) is 2.63. The molecule has 2 aromatic rings. The number of carbonyl (C=O) groups is 1. The molecule has 4 nitrogen and oxygen atoms in total. The number of carbonyl (C=O) groups excluding carboxylic acids is 1. The highest BCUT2D eigenvalue weighted by molar-refractivity contribution is 5.89. The van der Waals surface area contributed by atoms with E-state index in [0.717, 1.165) is 35.9 Å². The fourth-order valence-corrected chi connectivity index (χ4v) is 3.63. The molecule has 22 heavy (non-hydrogen) atoms. The van der Waals surface area contributed by atoms with Crippen molar-refractivity contribution in [3.05, 3.63) is 36.0 Å². The average molecular weight is 300 g/mol. The summed E-state index contributed by atoms with van der Waals surface area (Å²) in [6, 6.07) is 8.08. The molecule has 1 saturated heterocycles. The highest BCUT2D eigenvalue weighted by atomic mass is 16.3. The number of hydrogen-bond donors (Lipinski definition) is 1. The van der Waals surface area contributed by atoms with Gasteiger partial charge < -0.3 is 14.6 Å². The summed E-state index contributed by atoms with van der Waals surface area (Å²) >= 11 is 0. The Hall–Kier alpha value is -1.81. The predicted octanol–water partition coefficient (Wildman–Crippen LogP) is 2.48. The van der Waals surface area contributed by atoms with Crippen molar-refractivity contribution in [1.82, 2.24) is 9.47 Å². The summed E-state index contributed by atoms with van der Waals surface area (Å²) in [5.41, 5.74) is 1.36. The predicted molar refractivity (Wildman–Crippen MR) is 87.7 cm³/mol. The lowest BCUT2D eigenvalue weighted by atomic mass is 9.96. The second-order valence-corrected chi connectivity index (χ2v) is 6.86. The maximum Gasteiger partial charge on any atom is 0.227 e. The molecular weight excluding hydrogens is 276 g/mol. The summed E-state index contributed by atoms with van der Waals surface area (Å²) in [4.78, 5) is 14.6. The monoisotopic (exact) mass is 300 g/mol. The number of nitrogens with zero attached hydrogens (tertiary/aromatic N) is 2. The van der Waals surface area contributed by atoms with E-state index in [2.05, 4.69) is 16.7 Å². The molecule has 0 spiro atoms. The second-order valence-electron chi connectivity index (χ2n) is 6.86. The zero-order chi connectivity index (χ0) is 15.9. The van der Waals surface area contributed by atoms with Gasteiger partial charge in [0.25, 0.3) is 0 Å². The molecule has 0 bridgehead atoms. The zero-order valence-electron chi connectivity index (χ0n) is 13.5.